The molecule has 3 aromatic rings. The fourth-order valence-electron chi connectivity index (χ4n) is 6.00. The van der Waals surface area contributed by atoms with Gasteiger partial charge in [-0.15, -0.1) is 0 Å². The quantitative estimate of drug-likeness (QED) is 0.350. The molecule has 1 aromatic carbocycles. The maximum atomic E-state index is 13.9. The number of imidazole rings is 1. The number of piperazine rings is 1. The van der Waals surface area contributed by atoms with Crippen LogP contribution in [0.25, 0.3) is 11.3 Å². The molecule has 1 saturated heterocycles. The third-order valence-corrected chi connectivity index (χ3v) is 9.29. The number of anilines is 1. The van der Waals surface area contributed by atoms with E-state index in [0.717, 1.165) is 32.1 Å². The third-order valence-electron chi connectivity index (χ3n) is 8.98. The minimum Gasteiger partial charge on any atom is -0.335 e. The molecule has 4 N–H and O–H groups in total. The summed E-state index contributed by atoms with van der Waals surface area (Å²) in [5.74, 6) is -0.790. The Kier molecular flexibility index (Phi) is 8.72. The Bertz CT molecular complexity index is 1640. The summed E-state index contributed by atoms with van der Waals surface area (Å²) in [6.45, 7) is 1.82. The first-order chi connectivity index (χ1) is 21.9. The Hall–Kier alpha value is -4.11. The van der Waals surface area contributed by atoms with Crippen LogP contribution in [0.1, 0.15) is 58.8 Å². The van der Waals surface area contributed by atoms with Crippen LogP contribution in [-0.4, -0.2) is 85.2 Å². The number of amides is 4. The van der Waals surface area contributed by atoms with E-state index in [-0.39, 0.29) is 57.4 Å². The summed E-state index contributed by atoms with van der Waals surface area (Å²) in [5, 5.41) is 9.54. The van der Waals surface area contributed by atoms with E-state index < -0.39 is 17.8 Å². The minimum absolute atomic E-state index is 0.0908. The van der Waals surface area contributed by atoms with Crippen LogP contribution >= 0.6 is 11.6 Å². The fourth-order valence-corrected chi connectivity index (χ4v) is 6.27. The summed E-state index contributed by atoms with van der Waals surface area (Å²) in [4.78, 5) is 46.2. The van der Waals surface area contributed by atoms with Gasteiger partial charge in [0.05, 0.1) is 28.0 Å². The van der Waals surface area contributed by atoms with E-state index >= 15 is 0 Å². The monoisotopic (exact) mass is 661 g/mol. The van der Waals surface area contributed by atoms with E-state index in [9.17, 15) is 27.6 Å². The molecule has 0 radical (unpaired) electrons. The molecule has 2 aromatic heterocycles. The van der Waals surface area contributed by atoms with Crippen LogP contribution < -0.4 is 16.4 Å². The summed E-state index contributed by atoms with van der Waals surface area (Å²) < 4.78 is 44.3. The van der Waals surface area contributed by atoms with Crippen LogP contribution in [0.2, 0.25) is 5.02 Å². The zero-order valence-corrected chi connectivity index (χ0v) is 25.9. The summed E-state index contributed by atoms with van der Waals surface area (Å²) in [5.41, 5.74) is 5.21. The van der Waals surface area contributed by atoms with Gasteiger partial charge in [-0.05, 0) is 49.8 Å². The lowest BCUT2D eigenvalue weighted by Gasteiger charge is -2.38. The van der Waals surface area contributed by atoms with Crippen molar-refractivity contribution in [1.82, 2.24) is 34.4 Å². The topological polar surface area (TPSA) is 143 Å². The number of nitrogens with zero attached hydrogens (tertiary/aromatic N) is 6. The SMILES string of the molecule is Cn1c(-c2cn(CC3CCC3)nc2C(F)(F)F)cnc1C(=O)Nc1ccc(C(=O)N2CCN(C(=O)N[C@H]3C[C@@H](N)C3)CC2)c(Cl)c1. The van der Waals surface area contributed by atoms with Gasteiger partial charge in [-0.3, -0.25) is 14.3 Å². The maximum Gasteiger partial charge on any atom is 0.435 e. The highest BCUT2D eigenvalue weighted by Gasteiger charge is 2.39. The van der Waals surface area contributed by atoms with Gasteiger partial charge >= 0.3 is 12.2 Å². The maximum absolute atomic E-state index is 13.9. The molecule has 0 spiro atoms. The number of urea groups is 1. The Morgan fingerprint density at radius 2 is 1.78 bits per heavy atom. The largest absolute Gasteiger partial charge is 0.435 e. The number of aromatic nitrogens is 4. The van der Waals surface area contributed by atoms with Crippen molar-refractivity contribution in [3.63, 3.8) is 0 Å². The molecule has 2 aliphatic carbocycles. The van der Waals surface area contributed by atoms with E-state index in [1.165, 1.54) is 46.9 Å². The molecule has 3 heterocycles. The van der Waals surface area contributed by atoms with Gasteiger partial charge < -0.3 is 30.7 Å². The molecule has 3 fully saturated rings. The number of halogens is 4. The van der Waals surface area contributed by atoms with E-state index in [4.69, 9.17) is 17.3 Å². The average molecular weight is 662 g/mol. The van der Waals surface area contributed by atoms with Crippen molar-refractivity contribution >= 4 is 35.1 Å². The first-order valence-corrected chi connectivity index (χ1v) is 15.6. The Labute approximate surface area is 268 Å². The Morgan fingerprint density at radius 3 is 2.39 bits per heavy atom. The molecule has 3 aliphatic rings. The van der Waals surface area contributed by atoms with E-state index in [1.807, 2.05) is 0 Å². The molecule has 2 saturated carbocycles. The Morgan fingerprint density at radius 1 is 1.09 bits per heavy atom. The molecule has 0 unspecified atom stereocenters. The lowest BCUT2D eigenvalue weighted by molar-refractivity contribution is -0.141. The molecular weight excluding hydrogens is 627 g/mol. The lowest BCUT2D eigenvalue weighted by atomic mass is 9.85. The third kappa shape index (κ3) is 6.56. The molecular formula is C30H35ClF3N9O3. The van der Waals surface area contributed by atoms with Gasteiger partial charge in [0.1, 0.15) is 0 Å². The summed E-state index contributed by atoms with van der Waals surface area (Å²) in [7, 11) is 1.46. The molecule has 246 valence electrons. The first kappa shape index (κ1) is 31.9. The van der Waals surface area contributed by atoms with Gasteiger partial charge in [0.15, 0.2) is 11.5 Å². The zero-order valence-electron chi connectivity index (χ0n) is 25.2. The first-order valence-electron chi connectivity index (χ1n) is 15.2. The molecule has 16 heteroatoms. The van der Waals surface area contributed by atoms with Crippen LogP contribution in [-0.2, 0) is 19.8 Å². The molecule has 6 rings (SSSR count). The van der Waals surface area contributed by atoms with Crippen LogP contribution in [0.5, 0.6) is 0 Å². The molecule has 0 bridgehead atoms. The molecule has 1 aliphatic heterocycles. The van der Waals surface area contributed by atoms with E-state index in [1.54, 1.807) is 9.80 Å². The van der Waals surface area contributed by atoms with Crippen molar-refractivity contribution in [1.29, 1.82) is 0 Å². The van der Waals surface area contributed by atoms with Crippen molar-refractivity contribution in [2.45, 2.75) is 56.9 Å². The summed E-state index contributed by atoms with van der Waals surface area (Å²) in [6, 6.07) is 4.49. The number of carbonyl (C=O) groups excluding carboxylic acids is 3. The van der Waals surface area contributed by atoms with Crippen molar-refractivity contribution < 1.29 is 27.6 Å². The predicted octanol–water partition coefficient (Wildman–Crippen LogP) is 3.97. The highest BCUT2D eigenvalue weighted by Crippen LogP contribution is 2.37. The number of nitrogens with two attached hydrogens (primary N) is 1. The van der Waals surface area contributed by atoms with Crippen LogP contribution in [0.4, 0.5) is 23.7 Å². The van der Waals surface area contributed by atoms with Crippen molar-refractivity contribution in [2.75, 3.05) is 31.5 Å². The van der Waals surface area contributed by atoms with Crippen LogP contribution in [0.3, 0.4) is 0 Å². The second-order valence-electron chi connectivity index (χ2n) is 12.2. The van der Waals surface area contributed by atoms with Gasteiger partial charge in [0.2, 0.25) is 0 Å². The predicted molar refractivity (Wildman–Crippen MR) is 163 cm³/mol. The number of nitrogens with one attached hydrogen (secondary N) is 2. The Balaban J connectivity index is 1.09. The van der Waals surface area contributed by atoms with Crippen molar-refractivity contribution in [2.24, 2.45) is 18.7 Å². The molecule has 4 amide bonds. The second-order valence-corrected chi connectivity index (χ2v) is 12.6. The number of benzene rings is 1. The molecule has 46 heavy (non-hydrogen) atoms. The highest BCUT2D eigenvalue weighted by molar-refractivity contribution is 6.34. The number of hydrogen-bond donors (Lipinski definition) is 3. The second kappa shape index (κ2) is 12.6. The smallest absolute Gasteiger partial charge is 0.335 e. The summed E-state index contributed by atoms with van der Waals surface area (Å²) in [6.07, 6.45) is 2.39. The average Bonchev–Trinajstić information content (AvgIpc) is 3.57. The minimum atomic E-state index is -4.68. The van der Waals surface area contributed by atoms with E-state index in [2.05, 4.69) is 20.7 Å². The lowest BCUT2D eigenvalue weighted by Crippen LogP contribution is -2.57. The molecule has 12 nitrogen and oxygen atoms in total. The van der Waals surface area contributed by atoms with Gasteiger partial charge in [-0.1, -0.05) is 18.0 Å². The van der Waals surface area contributed by atoms with E-state index in [0.29, 0.717) is 38.6 Å². The standard InChI is InChI=1S/C30H35ClF3N9O3/c1-40-24(22-16-43(15-17-3-2-4-17)39-25(22)30(32,33)34)14-36-26(40)27(44)37-19-5-6-21(23(31)13-19)28(45)41-7-9-42(10-8-41)29(46)38-20-11-18(35)12-20/h5-6,13-14,16-18,20H,2-4,7-12,15,35H2,1H3,(H,37,44)(H,38,46)/t18-,20+. The van der Waals surface area contributed by atoms with Gasteiger partial charge in [0.25, 0.3) is 11.8 Å². The van der Waals surface area contributed by atoms with Gasteiger partial charge in [-0.25, -0.2) is 9.78 Å². The summed E-state index contributed by atoms with van der Waals surface area (Å²) >= 11 is 6.45. The number of alkyl halides is 3. The van der Waals surface area contributed by atoms with Crippen LogP contribution in [0.15, 0.2) is 30.6 Å². The fraction of sp³-hybridized carbons (Fsp3) is 0.500. The van der Waals surface area contributed by atoms with Gasteiger partial charge in [0, 0.05) is 63.7 Å². The highest BCUT2D eigenvalue weighted by atomic mass is 35.5. The normalized spacial score (nSPS) is 20.2. The van der Waals surface area contributed by atoms with Crippen LogP contribution in [0, 0.1) is 5.92 Å². The van der Waals surface area contributed by atoms with Crippen molar-refractivity contribution in [3.05, 3.63) is 52.7 Å². The molecule has 0 atom stereocenters. The van der Waals surface area contributed by atoms with Gasteiger partial charge in [-0.2, -0.15) is 18.3 Å². The number of hydrogen-bond acceptors (Lipinski definition) is 6. The zero-order chi connectivity index (χ0) is 32.7. The number of carbonyl (C=O) groups is 3. The number of rotatable bonds is 7. The van der Waals surface area contributed by atoms with Crippen molar-refractivity contribution in [3.8, 4) is 11.3 Å².